The second kappa shape index (κ2) is 8.93. The van der Waals surface area contributed by atoms with E-state index in [1.165, 1.54) is 11.3 Å². The fourth-order valence-electron chi connectivity index (χ4n) is 2.81. The molecule has 2 aromatic heterocycles. The Balaban J connectivity index is 1.61. The van der Waals surface area contributed by atoms with Crippen molar-refractivity contribution >= 4 is 38.4 Å². The normalized spacial score (nSPS) is 11.1. The summed E-state index contributed by atoms with van der Waals surface area (Å²) in [6.45, 7) is 4.80. The number of aromatic nitrogens is 2. The lowest BCUT2D eigenvalue weighted by Crippen LogP contribution is -2.26. The smallest absolute Gasteiger partial charge is 0.269 e. The van der Waals surface area contributed by atoms with Gasteiger partial charge in [-0.3, -0.25) is 9.59 Å². The van der Waals surface area contributed by atoms with Crippen LogP contribution in [0.5, 0.6) is 0 Å². The number of nitrogens with two attached hydrogens (primary N) is 1. The zero-order valence-corrected chi connectivity index (χ0v) is 16.9. The number of hydrogen-bond acceptors (Lipinski definition) is 6. The maximum Gasteiger partial charge on any atom is 0.269 e. The van der Waals surface area contributed by atoms with Crippen LogP contribution in [-0.4, -0.2) is 28.2 Å². The van der Waals surface area contributed by atoms with E-state index in [1.807, 2.05) is 18.2 Å². The number of thiazole rings is 1. The van der Waals surface area contributed by atoms with Crippen LogP contribution < -0.4 is 11.1 Å². The highest BCUT2D eigenvalue weighted by Gasteiger charge is 2.13. The number of fused-ring (bicyclic) bond motifs is 1. The molecule has 0 atom stereocenters. The first-order valence-corrected chi connectivity index (χ1v) is 10.2. The molecular formula is C21H24N4O2S. The van der Waals surface area contributed by atoms with Crippen molar-refractivity contribution in [3.8, 4) is 0 Å². The number of Topliss-reactive ketones (excluding diaryl/α,β-unsaturated/α-hetero) is 1. The molecule has 1 amide bonds. The zero-order chi connectivity index (χ0) is 20.1. The molecule has 0 unspecified atom stereocenters. The van der Waals surface area contributed by atoms with Gasteiger partial charge < -0.3 is 11.1 Å². The SMILES string of the molecule is CC(C)CCNC(=O)c1cccc(C(=O)CCc2ccc3nc(N)sc3c2)n1. The zero-order valence-electron chi connectivity index (χ0n) is 16.1. The second-order valence-electron chi connectivity index (χ2n) is 7.12. The minimum absolute atomic E-state index is 0.0826. The number of nitrogens with one attached hydrogen (secondary N) is 1. The lowest BCUT2D eigenvalue weighted by molar-refractivity contribution is 0.0946. The van der Waals surface area contributed by atoms with E-state index >= 15 is 0 Å². The number of benzene rings is 1. The van der Waals surface area contributed by atoms with E-state index in [1.54, 1.807) is 18.2 Å². The van der Waals surface area contributed by atoms with Gasteiger partial charge >= 0.3 is 0 Å². The summed E-state index contributed by atoms with van der Waals surface area (Å²) in [4.78, 5) is 33.2. The van der Waals surface area contributed by atoms with Crippen molar-refractivity contribution in [3.05, 3.63) is 53.3 Å². The molecule has 0 spiro atoms. The summed E-state index contributed by atoms with van der Waals surface area (Å²) < 4.78 is 1.01. The molecule has 2 heterocycles. The Kier molecular flexibility index (Phi) is 6.36. The Hall–Kier alpha value is -2.80. The molecule has 3 rings (SSSR count). The van der Waals surface area contributed by atoms with E-state index in [0.717, 1.165) is 22.2 Å². The van der Waals surface area contributed by atoms with Crippen molar-refractivity contribution in [2.24, 2.45) is 5.92 Å². The number of anilines is 1. The fourth-order valence-corrected chi connectivity index (χ4v) is 3.61. The maximum absolute atomic E-state index is 12.5. The van der Waals surface area contributed by atoms with Gasteiger partial charge in [-0.1, -0.05) is 37.3 Å². The van der Waals surface area contributed by atoms with E-state index in [-0.39, 0.29) is 17.4 Å². The molecule has 1 aromatic carbocycles. The van der Waals surface area contributed by atoms with Crippen LogP contribution in [-0.2, 0) is 6.42 Å². The van der Waals surface area contributed by atoms with E-state index in [2.05, 4.69) is 29.1 Å². The molecule has 0 saturated carbocycles. The Morgan fingerprint density at radius 2 is 1.93 bits per heavy atom. The van der Waals surface area contributed by atoms with Crippen LogP contribution in [0.1, 0.15) is 53.2 Å². The molecule has 0 aliphatic rings. The van der Waals surface area contributed by atoms with Crippen molar-refractivity contribution in [2.75, 3.05) is 12.3 Å². The number of aryl methyl sites for hydroxylation is 1. The Morgan fingerprint density at radius 1 is 1.14 bits per heavy atom. The van der Waals surface area contributed by atoms with Gasteiger partial charge in [0, 0.05) is 13.0 Å². The van der Waals surface area contributed by atoms with E-state index in [4.69, 9.17) is 5.73 Å². The first-order valence-electron chi connectivity index (χ1n) is 9.36. The van der Waals surface area contributed by atoms with Gasteiger partial charge in [-0.2, -0.15) is 0 Å². The van der Waals surface area contributed by atoms with Crippen molar-refractivity contribution in [1.82, 2.24) is 15.3 Å². The molecule has 0 aliphatic carbocycles. The van der Waals surface area contributed by atoms with Gasteiger partial charge in [0.05, 0.1) is 10.2 Å². The Bertz CT molecular complexity index is 997. The molecule has 0 aliphatic heterocycles. The molecule has 3 aromatic rings. The minimum Gasteiger partial charge on any atom is -0.375 e. The number of nitrogens with zero attached hydrogens (tertiary/aromatic N) is 2. The van der Waals surface area contributed by atoms with Crippen molar-refractivity contribution in [2.45, 2.75) is 33.1 Å². The van der Waals surface area contributed by atoms with Gasteiger partial charge in [-0.05, 0) is 48.6 Å². The first kappa shape index (κ1) is 19.9. The summed E-state index contributed by atoms with van der Waals surface area (Å²) in [6.07, 6.45) is 1.82. The van der Waals surface area contributed by atoms with Crippen molar-refractivity contribution in [1.29, 1.82) is 0 Å². The number of amides is 1. The molecule has 146 valence electrons. The van der Waals surface area contributed by atoms with Crippen LogP contribution in [0, 0.1) is 5.92 Å². The summed E-state index contributed by atoms with van der Waals surface area (Å²) in [6, 6.07) is 10.9. The highest BCUT2D eigenvalue weighted by molar-refractivity contribution is 7.22. The number of carbonyl (C=O) groups is 2. The lowest BCUT2D eigenvalue weighted by Gasteiger charge is -2.07. The van der Waals surface area contributed by atoms with Gasteiger partial charge in [0.1, 0.15) is 11.4 Å². The number of ketones is 1. The molecule has 7 heteroatoms. The monoisotopic (exact) mass is 396 g/mol. The van der Waals surface area contributed by atoms with Gasteiger partial charge in [0.15, 0.2) is 10.9 Å². The van der Waals surface area contributed by atoms with Gasteiger partial charge in [0.25, 0.3) is 5.91 Å². The number of carbonyl (C=O) groups excluding carboxylic acids is 2. The molecule has 28 heavy (non-hydrogen) atoms. The third-order valence-corrected chi connectivity index (χ3v) is 5.23. The third-order valence-electron chi connectivity index (χ3n) is 4.38. The second-order valence-corrected chi connectivity index (χ2v) is 8.19. The molecule has 0 fully saturated rings. The summed E-state index contributed by atoms with van der Waals surface area (Å²) in [5, 5.41) is 3.38. The quantitative estimate of drug-likeness (QED) is 0.563. The predicted molar refractivity (Wildman–Crippen MR) is 113 cm³/mol. The largest absolute Gasteiger partial charge is 0.375 e. The molecule has 0 radical (unpaired) electrons. The number of pyridine rings is 1. The third kappa shape index (κ3) is 5.13. The maximum atomic E-state index is 12.5. The number of nitrogen functional groups attached to an aromatic ring is 1. The summed E-state index contributed by atoms with van der Waals surface area (Å²) in [7, 11) is 0. The summed E-state index contributed by atoms with van der Waals surface area (Å²) in [5.74, 6) is 0.186. The van der Waals surface area contributed by atoms with Crippen molar-refractivity contribution in [3.63, 3.8) is 0 Å². The van der Waals surface area contributed by atoms with Gasteiger partial charge in [-0.15, -0.1) is 0 Å². The highest BCUT2D eigenvalue weighted by atomic mass is 32.1. The van der Waals surface area contributed by atoms with E-state index in [9.17, 15) is 9.59 Å². The predicted octanol–water partition coefficient (Wildman–Crippen LogP) is 3.86. The van der Waals surface area contributed by atoms with Crippen LogP contribution in [0.25, 0.3) is 10.2 Å². The van der Waals surface area contributed by atoms with Crippen LogP contribution in [0.4, 0.5) is 5.13 Å². The van der Waals surface area contributed by atoms with Crippen LogP contribution in [0.3, 0.4) is 0 Å². The fraction of sp³-hybridized carbons (Fsp3) is 0.333. The van der Waals surface area contributed by atoms with Gasteiger partial charge in [-0.25, -0.2) is 9.97 Å². The average molecular weight is 397 g/mol. The summed E-state index contributed by atoms with van der Waals surface area (Å²) >= 11 is 1.44. The Labute approximate surface area is 168 Å². The van der Waals surface area contributed by atoms with Crippen molar-refractivity contribution < 1.29 is 9.59 Å². The average Bonchev–Trinajstić information content (AvgIpc) is 3.05. The standard InChI is InChI=1S/C21H24N4O2S/c1-13(2)10-11-23-20(27)17-5-3-4-15(24-17)18(26)9-7-14-6-8-16-19(12-14)28-21(22)25-16/h3-6,8,12-13H,7,9-11H2,1-2H3,(H2,22,25)(H,23,27). The minimum atomic E-state index is -0.247. The number of rotatable bonds is 8. The summed E-state index contributed by atoms with van der Waals surface area (Å²) in [5.41, 5.74) is 8.25. The molecule has 0 saturated heterocycles. The highest BCUT2D eigenvalue weighted by Crippen LogP contribution is 2.25. The number of hydrogen-bond donors (Lipinski definition) is 2. The Morgan fingerprint density at radius 3 is 2.71 bits per heavy atom. The molecule has 3 N–H and O–H groups in total. The lowest BCUT2D eigenvalue weighted by atomic mass is 10.1. The van der Waals surface area contributed by atoms with Crippen LogP contribution in [0.2, 0.25) is 0 Å². The molecule has 6 nitrogen and oxygen atoms in total. The first-order chi connectivity index (χ1) is 13.4. The van der Waals surface area contributed by atoms with E-state index in [0.29, 0.717) is 36.1 Å². The van der Waals surface area contributed by atoms with Gasteiger partial charge in [0.2, 0.25) is 0 Å². The van der Waals surface area contributed by atoms with Crippen LogP contribution in [0.15, 0.2) is 36.4 Å². The molecular weight excluding hydrogens is 372 g/mol. The topological polar surface area (TPSA) is 98.0 Å². The molecule has 0 bridgehead atoms. The van der Waals surface area contributed by atoms with E-state index < -0.39 is 0 Å². The van der Waals surface area contributed by atoms with Crippen LogP contribution >= 0.6 is 11.3 Å².